The van der Waals surface area contributed by atoms with E-state index in [1.165, 1.54) is 33.0 Å². The standard InChI is InChI=1S/C26H22O2/c1-15-13-19(7-11-23(15)27)21-9-5-17-3-4-18-6-10-22(26(21)25(17)18)20-8-12-24(28)16(2)14-20/h5-14,27-28H,3-4H2,1-2H3. The Bertz CT molecular complexity index is 1160. The second-order valence-electron chi connectivity index (χ2n) is 7.80. The lowest BCUT2D eigenvalue weighted by molar-refractivity contribution is 0.471. The number of phenols is 2. The SMILES string of the molecule is Cc1cc(-c2ccc3c4c(ccc(-c5ccc(O)c(C)c5)c24)CC3)ccc1O. The molecule has 138 valence electrons. The number of benzene rings is 4. The molecule has 0 atom stereocenters. The average molecular weight is 366 g/mol. The van der Waals surface area contributed by atoms with Crippen LogP contribution in [0.25, 0.3) is 33.0 Å². The van der Waals surface area contributed by atoms with E-state index in [1.807, 2.05) is 26.0 Å². The molecule has 0 bridgehead atoms. The van der Waals surface area contributed by atoms with E-state index in [2.05, 4.69) is 36.4 Å². The van der Waals surface area contributed by atoms with Crippen molar-refractivity contribution in [1.82, 2.24) is 0 Å². The monoisotopic (exact) mass is 366 g/mol. The molecule has 28 heavy (non-hydrogen) atoms. The zero-order chi connectivity index (χ0) is 19.4. The van der Waals surface area contributed by atoms with Gasteiger partial charge in [0.05, 0.1) is 0 Å². The van der Waals surface area contributed by atoms with Crippen LogP contribution in [0.4, 0.5) is 0 Å². The molecule has 1 aliphatic carbocycles. The molecule has 0 amide bonds. The van der Waals surface area contributed by atoms with Gasteiger partial charge in [0.1, 0.15) is 11.5 Å². The van der Waals surface area contributed by atoms with Gasteiger partial charge in [-0.05, 0) is 106 Å². The van der Waals surface area contributed by atoms with Crippen molar-refractivity contribution in [2.75, 3.05) is 0 Å². The smallest absolute Gasteiger partial charge is 0.118 e. The van der Waals surface area contributed by atoms with Crippen molar-refractivity contribution in [3.8, 4) is 33.8 Å². The molecule has 0 radical (unpaired) electrons. The van der Waals surface area contributed by atoms with E-state index in [4.69, 9.17) is 0 Å². The lowest BCUT2D eigenvalue weighted by Gasteiger charge is -2.16. The Balaban J connectivity index is 1.87. The van der Waals surface area contributed by atoms with Crippen molar-refractivity contribution in [3.05, 3.63) is 82.9 Å². The van der Waals surface area contributed by atoms with Crippen LogP contribution in [0.3, 0.4) is 0 Å². The van der Waals surface area contributed by atoms with Crippen LogP contribution >= 0.6 is 0 Å². The van der Waals surface area contributed by atoms with E-state index in [0.717, 1.165) is 35.1 Å². The number of rotatable bonds is 2. The normalized spacial score (nSPS) is 12.6. The van der Waals surface area contributed by atoms with E-state index in [0.29, 0.717) is 11.5 Å². The van der Waals surface area contributed by atoms with Crippen molar-refractivity contribution < 1.29 is 10.2 Å². The second-order valence-corrected chi connectivity index (χ2v) is 7.80. The molecule has 2 heteroatoms. The van der Waals surface area contributed by atoms with Gasteiger partial charge in [0, 0.05) is 0 Å². The Morgan fingerprint density at radius 3 is 1.46 bits per heavy atom. The fraction of sp³-hybridized carbons (Fsp3) is 0.154. The maximum atomic E-state index is 9.97. The van der Waals surface area contributed by atoms with Crippen LogP contribution in [0.2, 0.25) is 0 Å². The van der Waals surface area contributed by atoms with Crippen molar-refractivity contribution >= 4 is 10.8 Å². The summed E-state index contributed by atoms with van der Waals surface area (Å²) in [6, 6.07) is 20.6. The van der Waals surface area contributed by atoms with Gasteiger partial charge in [0.15, 0.2) is 0 Å². The maximum Gasteiger partial charge on any atom is 0.118 e. The summed E-state index contributed by atoms with van der Waals surface area (Å²) in [5, 5.41) is 22.6. The minimum atomic E-state index is 0.323. The molecule has 0 aliphatic heterocycles. The highest BCUT2D eigenvalue weighted by Crippen LogP contribution is 2.43. The molecule has 4 aromatic rings. The predicted molar refractivity (Wildman–Crippen MR) is 115 cm³/mol. The maximum absolute atomic E-state index is 9.97. The molecule has 0 spiro atoms. The molecule has 5 rings (SSSR count). The second kappa shape index (κ2) is 6.13. The van der Waals surface area contributed by atoms with Gasteiger partial charge < -0.3 is 10.2 Å². The van der Waals surface area contributed by atoms with Gasteiger partial charge in [-0.3, -0.25) is 0 Å². The highest BCUT2D eigenvalue weighted by molar-refractivity contribution is 6.10. The molecule has 0 saturated carbocycles. The summed E-state index contributed by atoms with van der Waals surface area (Å²) < 4.78 is 0. The fourth-order valence-electron chi connectivity index (χ4n) is 4.46. The van der Waals surface area contributed by atoms with Crippen LogP contribution in [-0.2, 0) is 12.8 Å². The number of aryl methyl sites for hydroxylation is 4. The molecular weight excluding hydrogens is 344 g/mol. The van der Waals surface area contributed by atoms with Crippen LogP contribution < -0.4 is 0 Å². The van der Waals surface area contributed by atoms with Gasteiger partial charge in [-0.2, -0.15) is 0 Å². The van der Waals surface area contributed by atoms with Gasteiger partial charge in [0.25, 0.3) is 0 Å². The van der Waals surface area contributed by atoms with Crippen molar-refractivity contribution in [2.24, 2.45) is 0 Å². The van der Waals surface area contributed by atoms with Crippen LogP contribution in [0.15, 0.2) is 60.7 Å². The number of hydrogen-bond donors (Lipinski definition) is 2. The van der Waals surface area contributed by atoms with Crippen molar-refractivity contribution in [2.45, 2.75) is 26.7 Å². The zero-order valence-corrected chi connectivity index (χ0v) is 16.1. The molecule has 0 saturated heterocycles. The molecular formula is C26H22O2. The first kappa shape index (κ1) is 16.9. The van der Waals surface area contributed by atoms with E-state index >= 15 is 0 Å². The lowest BCUT2D eigenvalue weighted by Crippen LogP contribution is -1.90. The van der Waals surface area contributed by atoms with Crippen LogP contribution in [-0.4, -0.2) is 10.2 Å². The molecule has 2 N–H and O–H groups in total. The number of hydrogen-bond acceptors (Lipinski definition) is 2. The summed E-state index contributed by atoms with van der Waals surface area (Å²) in [4.78, 5) is 0. The van der Waals surface area contributed by atoms with E-state index in [1.54, 1.807) is 12.1 Å². The topological polar surface area (TPSA) is 40.5 Å². The molecule has 1 aliphatic rings. The summed E-state index contributed by atoms with van der Waals surface area (Å²) >= 11 is 0. The van der Waals surface area contributed by atoms with E-state index < -0.39 is 0 Å². The number of phenolic OH excluding ortho intramolecular Hbond substituents is 2. The van der Waals surface area contributed by atoms with Gasteiger partial charge in [-0.25, -0.2) is 0 Å². The van der Waals surface area contributed by atoms with Gasteiger partial charge in [-0.15, -0.1) is 0 Å². The summed E-state index contributed by atoms with van der Waals surface area (Å²) in [6.07, 6.45) is 2.16. The summed E-state index contributed by atoms with van der Waals surface area (Å²) in [5.41, 5.74) is 9.16. The predicted octanol–water partition coefficient (Wildman–Crippen LogP) is 6.30. The van der Waals surface area contributed by atoms with Crippen molar-refractivity contribution in [1.29, 1.82) is 0 Å². The molecule has 0 fully saturated rings. The lowest BCUT2D eigenvalue weighted by atomic mass is 9.88. The minimum absolute atomic E-state index is 0.323. The largest absolute Gasteiger partial charge is 0.508 e. The summed E-state index contributed by atoms with van der Waals surface area (Å²) in [6.45, 7) is 3.87. The first-order valence-corrected chi connectivity index (χ1v) is 9.70. The van der Waals surface area contributed by atoms with Crippen LogP contribution in [0, 0.1) is 13.8 Å². The molecule has 2 nitrogen and oxygen atoms in total. The Hall–Kier alpha value is -3.26. The highest BCUT2D eigenvalue weighted by Gasteiger charge is 2.20. The van der Waals surface area contributed by atoms with Gasteiger partial charge in [0.2, 0.25) is 0 Å². The highest BCUT2D eigenvalue weighted by atomic mass is 16.3. The Labute approximate surface area is 164 Å². The quantitative estimate of drug-likeness (QED) is 0.437. The van der Waals surface area contributed by atoms with Crippen molar-refractivity contribution in [3.63, 3.8) is 0 Å². The van der Waals surface area contributed by atoms with Gasteiger partial charge >= 0.3 is 0 Å². The first-order valence-electron chi connectivity index (χ1n) is 9.70. The molecule has 0 unspecified atom stereocenters. The van der Waals surface area contributed by atoms with E-state index in [9.17, 15) is 10.2 Å². The Kier molecular flexibility index (Phi) is 3.70. The van der Waals surface area contributed by atoms with Gasteiger partial charge in [-0.1, -0.05) is 36.4 Å². The summed E-state index contributed by atoms with van der Waals surface area (Å²) in [5.74, 6) is 0.646. The molecule has 0 aromatic heterocycles. The first-order chi connectivity index (χ1) is 13.5. The summed E-state index contributed by atoms with van der Waals surface area (Å²) in [7, 11) is 0. The Morgan fingerprint density at radius 1 is 0.571 bits per heavy atom. The average Bonchev–Trinajstić information content (AvgIpc) is 3.11. The van der Waals surface area contributed by atoms with E-state index in [-0.39, 0.29) is 0 Å². The molecule has 0 heterocycles. The van der Waals surface area contributed by atoms with Crippen LogP contribution in [0.1, 0.15) is 22.3 Å². The number of aromatic hydroxyl groups is 2. The van der Waals surface area contributed by atoms with Crippen LogP contribution in [0.5, 0.6) is 11.5 Å². The third kappa shape index (κ3) is 2.49. The zero-order valence-electron chi connectivity index (χ0n) is 16.1. The Morgan fingerprint density at radius 2 is 1.04 bits per heavy atom. The third-order valence-corrected chi connectivity index (χ3v) is 6.01. The minimum Gasteiger partial charge on any atom is -0.508 e. The molecule has 4 aromatic carbocycles. The fourth-order valence-corrected chi connectivity index (χ4v) is 4.46. The third-order valence-electron chi connectivity index (χ3n) is 6.01.